The third-order valence-electron chi connectivity index (χ3n) is 5.43. The van der Waals surface area contributed by atoms with Crippen LogP contribution in [0.5, 0.6) is 0 Å². The van der Waals surface area contributed by atoms with Crippen molar-refractivity contribution in [2.75, 3.05) is 12.3 Å². The molecule has 3 aromatic rings. The maximum atomic E-state index is 12.8. The van der Waals surface area contributed by atoms with Crippen LogP contribution in [0, 0.1) is 5.92 Å². The Labute approximate surface area is 178 Å². The second kappa shape index (κ2) is 9.13. The van der Waals surface area contributed by atoms with Crippen molar-refractivity contribution < 1.29 is 4.79 Å². The zero-order valence-corrected chi connectivity index (χ0v) is 18.2. The Bertz CT molecular complexity index is 1050. The number of fused-ring (bicyclic) bond motifs is 1. The van der Waals surface area contributed by atoms with Gasteiger partial charge >= 0.3 is 0 Å². The van der Waals surface area contributed by atoms with E-state index in [9.17, 15) is 9.59 Å². The first-order chi connectivity index (χ1) is 14.1. The molecule has 0 radical (unpaired) electrons. The zero-order valence-electron chi connectivity index (χ0n) is 16.5. The molecule has 1 aromatic carbocycles. The van der Waals surface area contributed by atoms with Crippen LogP contribution in [0.4, 0.5) is 0 Å². The minimum absolute atomic E-state index is 0.00562. The highest BCUT2D eigenvalue weighted by molar-refractivity contribution is 7.99. The lowest BCUT2D eigenvalue weighted by molar-refractivity contribution is -0.118. The molecule has 0 atom stereocenters. The van der Waals surface area contributed by atoms with Crippen LogP contribution in [0.3, 0.4) is 0 Å². The van der Waals surface area contributed by atoms with Gasteiger partial charge in [-0.05, 0) is 30.4 Å². The summed E-state index contributed by atoms with van der Waals surface area (Å²) in [5.74, 6) is 0.889. The molecule has 1 saturated carbocycles. The van der Waals surface area contributed by atoms with Gasteiger partial charge in [0.1, 0.15) is 4.83 Å². The molecule has 152 valence electrons. The van der Waals surface area contributed by atoms with Gasteiger partial charge in [-0.2, -0.15) is 0 Å². The van der Waals surface area contributed by atoms with Gasteiger partial charge in [0.15, 0.2) is 5.16 Å². The van der Waals surface area contributed by atoms with E-state index in [0.717, 1.165) is 21.8 Å². The van der Waals surface area contributed by atoms with Crippen LogP contribution in [-0.2, 0) is 11.8 Å². The highest BCUT2D eigenvalue weighted by Gasteiger charge is 2.16. The van der Waals surface area contributed by atoms with Crippen LogP contribution < -0.4 is 10.9 Å². The Morgan fingerprint density at radius 2 is 2.00 bits per heavy atom. The van der Waals surface area contributed by atoms with Gasteiger partial charge in [-0.15, -0.1) is 11.3 Å². The van der Waals surface area contributed by atoms with E-state index in [2.05, 4.69) is 10.3 Å². The molecule has 1 amide bonds. The molecule has 0 spiro atoms. The number of hydrogen-bond acceptors (Lipinski definition) is 5. The van der Waals surface area contributed by atoms with Crippen molar-refractivity contribution in [2.24, 2.45) is 13.0 Å². The molecule has 29 heavy (non-hydrogen) atoms. The average Bonchev–Trinajstić information content (AvgIpc) is 3.19. The van der Waals surface area contributed by atoms with Crippen LogP contribution in [0.25, 0.3) is 20.7 Å². The van der Waals surface area contributed by atoms with Crippen LogP contribution in [-0.4, -0.2) is 27.8 Å². The molecule has 4 rings (SSSR count). The first-order valence-corrected chi connectivity index (χ1v) is 11.9. The summed E-state index contributed by atoms with van der Waals surface area (Å²) in [5.41, 5.74) is 1.01. The number of hydrogen-bond donors (Lipinski definition) is 1. The number of benzene rings is 1. The molecule has 5 nitrogen and oxygen atoms in total. The number of carbonyl (C=O) groups excluding carboxylic acids is 1. The third kappa shape index (κ3) is 4.73. The van der Waals surface area contributed by atoms with Gasteiger partial charge in [0, 0.05) is 18.5 Å². The summed E-state index contributed by atoms with van der Waals surface area (Å²) >= 11 is 2.83. The summed E-state index contributed by atoms with van der Waals surface area (Å²) in [4.78, 5) is 31.5. The Morgan fingerprint density at radius 1 is 1.24 bits per heavy atom. The number of rotatable bonds is 6. The maximum Gasteiger partial charge on any atom is 0.262 e. The van der Waals surface area contributed by atoms with E-state index in [1.807, 2.05) is 36.4 Å². The average molecular weight is 428 g/mol. The Kier molecular flexibility index (Phi) is 6.35. The molecule has 0 unspecified atom stereocenters. The second-order valence-electron chi connectivity index (χ2n) is 7.55. The largest absolute Gasteiger partial charge is 0.355 e. The van der Waals surface area contributed by atoms with Crippen LogP contribution in [0.1, 0.15) is 32.1 Å². The topological polar surface area (TPSA) is 64.0 Å². The number of amides is 1. The molecule has 1 aliphatic carbocycles. The molecule has 1 aliphatic rings. The minimum Gasteiger partial charge on any atom is -0.355 e. The molecule has 1 fully saturated rings. The summed E-state index contributed by atoms with van der Waals surface area (Å²) in [6.45, 7) is 0.760. The standard InChI is InChI=1S/C22H25N3O2S2/c1-25-21(27)17-12-18(16-10-6-3-7-11-16)29-20(17)24-22(25)28-14-19(26)23-13-15-8-4-2-5-9-15/h3,6-7,10-12,15H,2,4-5,8-9,13-14H2,1H3,(H,23,26). The predicted molar refractivity (Wildman–Crippen MR) is 121 cm³/mol. The highest BCUT2D eigenvalue weighted by atomic mass is 32.2. The molecule has 0 aliphatic heterocycles. The van der Waals surface area contributed by atoms with E-state index in [-0.39, 0.29) is 17.2 Å². The first-order valence-electron chi connectivity index (χ1n) is 10.1. The van der Waals surface area contributed by atoms with E-state index in [4.69, 9.17) is 0 Å². The number of thioether (sulfide) groups is 1. The number of nitrogens with one attached hydrogen (secondary N) is 1. The molecule has 0 saturated heterocycles. The van der Waals surface area contributed by atoms with Gasteiger partial charge in [0.25, 0.3) is 5.56 Å². The summed E-state index contributed by atoms with van der Waals surface area (Å²) in [5, 5.41) is 4.25. The van der Waals surface area contributed by atoms with Crippen molar-refractivity contribution in [1.82, 2.24) is 14.9 Å². The fourth-order valence-electron chi connectivity index (χ4n) is 3.75. The summed E-state index contributed by atoms with van der Waals surface area (Å²) in [6, 6.07) is 11.9. The minimum atomic E-state index is -0.0708. The van der Waals surface area contributed by atoms with E-state index in [1.54, 1.807) is 11.6 Å². The highest BCUT2D eigenvalue weighted by Crippen LogP contribution is 2.32. The molecule has 0 bridgehead atoms. The SMILES string of the molecule is Cn1c(SCC(=O)NCC2CCCCC2)nc2sc(-c3ccccc3)cc2c1=O. The monoisotopic (exact) mass is 427 g/mol. The third-order valence-corrected chi connectivity index (χ3v) is 7.54. The predicted octanol–water partition coefficient (Wildman–Crippen LogP) is 4.45. The van der Waals surface area contributed by atoms with Crippen LogP contribution in [0.2, 0.25) is 0 Å². The maximum absolute atomic E-state index is 12.8. The molecular weight excluding hydrogens is 402 g/mol. The number of carbonyl (C=O) groups is 1. The van der Waals surface area contributed by atoms with Gasteiger partial charge in [-0.25, -0.2) is 4.98 Å². The lowest BCUT2D eigenvalue weighted by Crippen LogP contribution is -2.31. The van der Waals surface area contributed by atoms with E-state index in [1.165, 1.54) is 55.2 Å². The van der Waals surface area contributed by atoms with Gasteiger partial charge in [0.2, 0.25) is 5.91 Å². The Morgan fingerprint density at radius 3 is 2.76 bits per heavy atom. The van der Waals surface area contributed by atoms with Gasteiger partial charge in [-0.1, -0.05) is 61.4 Å². The lowest BCUT2D eigenvalue weighted by Gasteiger charge is -2.21. The second-order valence-corrected chi connectivity index (χ2v) is 9.52. The van der Waals surface area contributed by atoms with E-state index < -0.39 is 0 Å². The zero-order chi connectivity index (χ0) is 20.2. The number of thiophene rings is 1. The first kappa shape index (κ1) is 20.2. The van der Waals surface area contributed by atoms with Crippen molar-refractivity contribution in [3.8, 4) is 10.4 Å². The van der Waals surface area contributed by atoms with Crippen LogP contribution in [0.15, 0.2) is 46.3 Å². The van der Waals surface area contributed by atoms with Crippen molar-refractivity contribution in [1.29, 1.82) is 0 Å². The van der Waals surface area contributed by atoms with Crippen molar-refractivity contribution in [3.05, 3.63) is 46.8 Å². The quantitative estimate of drug-likeness (QED) is 0.466. The smallest absolute Gasteiger partial charge is 0.262 e. The summed E-state index contributed by atoms with van der Waals surface area (Å²) in [7, 11) is 1.72. The Balaban J connectivity index is 1.45. The van der Waals surface area contributed by atoms with Crippen molar-refractivity contribution in [2.45, 2.75) is 37.3 Å². The van der Waals surface area contributed by atoms with E-state index in [0.29, 0.717) is 16.5 Å². The molecule has 7 heteroatoms. The summed E-state index contributed by atoms with van der Waals surface area (Å²) in [6.07, 6.45) is 6.28. The number of aromatic nitrogens is 2. The lowest BCUT2D eigenvalue weighted by atomic mass is 9.89. The number of nitrogens with zero attached hydrogens (tertiary/aromatic N) is 2. The molecule has 2 heterocycles. The fraction of sp³-hybridized carbons (Fsp3) is 0.409. The van der Waals surface area contributed by atoms with Crippen molar-refractivity contribution in [3.63, 3.8) is 0 Å². The van der Waals surface area contributed by atoms with Gasteiger partial charge in [0.05, 0.1) is 11.1 Å². The molecule has 1 N–H and O–H groups in total. The summed E-state index contributed by atoms with van der Waals surface area (Å²) < 4.78 is 1.54. The van der Waals surface area contributed by atoms with Gasteiger partial charge in [-0.3, -0.25) is 14.2 Å². The molecular formula is C22H25N3O2S2. The normalized spacial score (nSPS) is 14.9. The Hall–Kier alpha value is -2.12. The van der Waals surface area contributed by atoms with E-state index >= 15 is 0 Å². The molecule has 2 aromatic heterocycles. The van der Waals surface area contributed by atoms with Crippen molar-refractivity contribution >= 4 is 39.2 Å². The van der Waals surface area contributed by atoms with Gasteiger partial charge < -0.3 is 5.32 Å². The van der Waals surface area contributed by atoms with Crippen LogP contribution >= 0.6 is 23.1 Å². The fourth-order valence-corrected chi connectivity index (χ4v) is 5.63.